The molecule has 168 valence electrons. The van der Waals surface area contributed by atoms with E-state index in [0.29, 0.717) is 36.2 Å². The van der Waals surface area contributed by atoms with Crippen LogP contribution in [0.3, 0.4) is 0 Å². The van der Waals surface area contributed by atoms with Gasteiger partial charge in [0, 0.05) is 35.2 Å². The molecule has 0 aliphatic carbocycles. The zero-order valence-electron chi connectivity index (χ0n) is 18.2. The van der Waals surface area contributed by atoms with Gasteiger partial charge in [-0.3, -0.25) is 19.3 Å². The molecule has 2 aromatic rings. The van der Waals surface area contributed by atoms with Crippen LogP contribution in [0.2, 0.25) is 5.02 Å². The SMILES string of the molecule is Cc1c(Cl)cccc1-n1c(C)cc(/C=C2\SC(=O)N(CC(=O)N3CCOCC3)C2=O)c1C. The highest BCUT2D eigenvalue weighted by Gasteiger charge is 2.37. The van der Waals surface area contributed by atoms with Crippen LogP contribution in [0, 0.1) is 20.8 Å². The van der Waals surface area contributed by atoms with Gasteiger partial charge in [-0.15, -0.1) is 0 Å². The van der Waals surface area contributed by atoms with Gasteiger partial charge < -0.3 is 14.2 Å². The molecular formula is C23H24ClN3O4S. The van der Waals surface area contributed by atoms with Gasteiger partial charge >= 0.3 is 0 Å². The third-order valence-corrected chi connectivity index (χ3v) is 7.08. The van der Waals surface area contributed by atoms with E-state index in [1.807, 2.05) is 45.0 Å². The molecule has 2 aliphatic heterocycles. The normalized spacial score (nSPS) is 18.2. The zero-order chi connectivity index (χ0) is 23.0. The van der Waals surface area contributed by atoms with Crippen LogP contribution in [0.1, 0.15) is 22.5 Å². The van der Waals surface area contributed by atoms with E-state index in [1.54, 1.807) is 11.0 Å². The summed E-state index contributed by atoms with van der Waals surface area (Å²) in [7, 11) is 0. The summed E-state index contributed by atoms with van der Waals surface area (Å²) in [6, 6.07) is 7.72. The second-order valence-corrected chi connectivity index (χ2v) is 9.21. The molecule has 9 heteroatoms. The molecule has 0 unspecified atom stereocenters. The van der Waals surface area contributed by atoms with Crippen molar-refractivity contribution in [3.63, 3.8) is 0 Å². The first-order valence-electron chi connectivity index (χ1n) is 10.3. The molecule has 0 spiro atoms. The number of aryl methyl sites for hydroxylation is 1. The summed E-state index contributed by atoms with van der Waals surface area (Å²) < 4.78 is 7.33. The van der Waals surface area contributed by atoms with Crippen molar-refractivity contribution in [2.24, 2.45) is 0 Å². The monoisotopic (exact) mass is 473 g/mol. The highest BCUT2D eigenvalue weighted by molar-refractivity contribution is 8.18. The Labute approximate surface area is 195 Å². The number of carbonyl (C=O) groups is 3. The van der Waals surface area contributed by atoms with Crippen LogP contribution >= 0.6 is 23.4 Å². The quantitative estimate of drug-likeness (QED) is 0.629. The zero-order valence-corrected chi connectivity index (χ0v) is 19.8. The Morgan fingerprint density at radius 1 is 1.19 bits per heavy atom. The minimum absolute atomic E-state index is 0.244. The van der Waals surface area contributed by atoms with Gasteiger partial charge in [0.1, 0.15) is 6.54 Å². The molecule has 0 atom stereocenters. The molecule has 0 N–H and O–H groups in total. The number of aromatic nitrogens is 1. The van der Waals surface area contributed by atoms with E-state index in [9.17, 15) is 14.4 Å². The van der Waals surface area contributed by atoms with Crippen molar-refractivity contribution in [2.45, 2.75) is 20.8 Å². The molecule has 0 saturated carbocycles. The summed E-state index contributed by atoms with van der Waals surface area (Å²) in [5.41, 5.74) is 4.69. The van der Waals surface area contributed by atoms with Crippen LogP contribution in [0.15, 0.2) is 29.2 Å². The molecule has 4 rings (SSSR count). The average molecular weight is 474 g/mol. The van der Waals surface area contributed by atoms with Crippen molar-refractivity contribution in [2.75, 3.05) is 32.8 Å². The van der Waals surface area contributed by atoms with E-state index in [4.69, 9.17) is 16.3 Å². The molecule has 2 aliphatic rings. The molecule has 2 saturated heterocycles. The second kappa shape index (κ2) is 9.13. The number of imide groups is 1. The van der Waals surface area contributed by atoms with Crippen molar-refractivity contribution >= 4 is 46.5 Å². The topological polar surface area (TPSA) is 71.8 Å². The van der Waals surface area contributed by atoms with E-state index in [0.717, 1.165) is 44.9 Å². The first kappa shape index (κ1) is 22.6. The molecule has 0 radical (unpaired) electrons. The van der Waals surface area contributed by atoms with Crippen molar-refractivity contribution in [1.82, 2.24) is 14.4 Å². The van der Waals surface area contributed by atoms with Crippen LogP contribution < -0.4 is 0 Å². The maximum Gasteiger partial charge on any atom is 0.294 e. The number of halogens is 1. The number of hydrogen-bond donors (Lipinski definition) is 0. The molecular weight excluding hydrogens is 450 g/mol. The lowest BCUT2D eigenvalue weighted by Crippen LogP contribution is -2.46. The number of carbonyl (C=O) groups excluding carboxylic acids is 3. The van der Waals surface area contributed by atoms with Crippen LogP contribution in [-0.4, -0.2) is 64.3 Å². The van der Waals surface area contributed by atoms with Gasteiger partial charge in [0.25, 0.3) is 11.1 Å². The van der Waals surface area contributed by atoms with Gasteiger partial charge in [-0.1, -0.05) is 17.7 Å². The van der Waals surface area contributed by atoms with Crippen LogP contribution in [0.5, 0.6) is 0 Å². The fraction of sp³-hybridized carbons (Fsp3) is 0.348. The largest absolute Gasteiger partial charge is 0.378 e. The standard InChI is InChI=1S/C23H24ClN3O4S/c1-14-11-17(16(3)27(14)19-6-4-5-18(24)15(19)2)12-20-22(29)26(23(30)32-20)13-21(28)25-7-9-31-10-8-25/h4-6,11-12H,7-10,13H2,1-3H3/b20-12-. The van der Waals surface area contributed by atoms with Gasteiger partial charge in [-0.25, -0.2) is 0 Å². The summed E-state index contributed by atoms with van der Waals surface area (Å²) in [5, 5.41) is 0.255. The highest BCUT2D eigenvalue weighted by atomic mass is 35.5. The first-order chi connectivity index (χ1) is 15.3. The lowest BCUT2D eigenvalue weighted by molar-refractivity contribution is -0.139. The molecule has 3 amide bonds. The number of benzene rings is 1. The molecule has 3 heterocycles. The lowest BCUT2D eigenvalue weighted by atomic mass is 10.2. The molecule has 1 aromatic carbocycles. The fourth-order valence-corrected chi connectivity index (χ4v) is 4.97. The number of nitrogens with zero attached hydrogens (tertiary/aromatic N) is 3. The number of hydrogen-bond acceptors (Lipinski definition) is 5. The van der Waals surface area contributed by atoms with Crippen molar-refractivity contribution in [3.8, 4) is 5.69 Å². The number of amides is 3. The van der Waals surface area contributed by atoms with E-state index in [2.05, 4.69) is 4.57 Å². The summed E-state index contributed by atoms with van der Waals surface area (Å²) in [6.45, 7) is 7.54. The van der Waals surface area contributed by atoms with Gasteiger partial charge in [-0.2, -0.15) is 0 Å². The maximum absolute atomic E-state index is 12.9. The smallest absolute Gasteiger partial charge is 0.294 e. The van der Waals surface area contributed by atoms with Gasteiger partial charge in [-0.05, 0) is 67.9 Å². The summed E-state index contributed by atoms with van der Waals surface area (Å²) in [4.78, 5) is 40.9. The minimum atomic E-state index is -0.439. The third kappa shape index (κ3) is 4.22. The Kier molecular flexibility index (Phi) is 6.46. The van der Waals surface area contributed by atoms with E-state index < -0.39 is 11.1 Å². The Bertz CT molecular complexity index is 1130. The van der Waals surface area contributed by atoms with Crippen molar-refractivity contribution < 1.29 is 19.1 Å². The molecule has 2 fully saturated rings. The first-order valence-corrected chi connectivity index (χ1v) is 11.5. The molecule has 7 nitrogen and oxygen atoms in total. The second-order valence-electron chi connectivity index (χ2n) is 7.81. The summed E-state index contributed by atoms with van der Waals surface area (Å²) >= 11 is 7.17. The van der Waals surface area contributed by atoms with E-state index in [1.165, 1.54) is 0 Å². The Balaban J connectivity index is 1.58. The molecule has 32 heavy (non-hydrogen) atoms. The van der Waals surface area contributed by atoms with Crippen molar-refractivity contribution in [1.29, 1.82) is 0 Å². The van der Waals surface area contributed by atoms with E-state index in [-0.39, 0.29) is 12.5 Å². The molecule has 1 aromatic heterocycles. The van der Waals surface area contributed by atoms with Gasteiger partial charge in [0.15, 0.2) is 0 Å². The number of thioether (sulfide) groups is 1. The van der Waals surface area contributed by atoms with Crippen LogP contribution in [-0.2, 0) is 14.3 Å². The number of ether oxygens (including phenoxy) is 1. The molecule has 0 bridgehead atoms. The van der Waals surface area contributed by atoms with E-state index >= 15 is 0 Å². The lowest BCUT2D eigenvalue weighted by Gasteiger charge is -2.28. The Morgan fingerprint density at radius 3 is 2.62 bits per heavy atom. The van der Waals surface area contributed by atoms with Gasteiger partial charge in [0.2, 0.25) is 5.91 Å². The Morgan fingerprint density at radius 2 is 1.91 bits per heavy atom. The predicted molar refractivity (Wildman–Crippen MR) is 125 cm³/mol. The summed E-state index contributed by atoms with van der Waals surface area (Å²) in [6.07, 6.45) is 1.73. The minimum Gasteiger partial charge on any atom is -0.378 e. The predicted octanol–water partition coefficient (Wildman–Crippen LogP) is 3.95. The van der Waals surface area contributed by atoms with Crippen molar-refractivity contribution in [3.05, 3.63) is 56.7 Å². The Hall–Kier alpha value is -2.55. The average Bonchev–Trinajstić information content (AvgIpc) is 3.20. The number of rotatable bonds is 4. The summed E-state index contributed by atoms with van der Waals surface area (Å²) in [5.74, 6) is -0.684. The third-order valence-electron chi connectivity index (χ3n) is 5.77. The maximum atomic E-state index is 12.9. The van der Waals surface area contributed by atoms with Crippen LogP contribution in [0.25, 0.3) is 11.8 Å². The highest BCUT2D eigenvalue weighted by Crippen LogP contribution is 2.34. The van der Waals surface area contributed by atoms with Crippen LogP contribution in [0.4, 0.5) is 4.79 Å². The fourth-order valence-electron chi connectivity index (χ4n) is 3.97. The number of morpholine rings is 1. The van der Waals surface area contributed by atoms with Gasteiger partial charge in [0.05, 0.1) is 18.1 Å².